The molecule has 1 unspecified atom stereocenters. The van der Waals surface area contributed by atoms with E-state index in [2.05, 4.69) is 5.32 Å². The first-order valence-corrected chi connectivity index (χ1v) is 10.0. The van der Waals surface area contributed by atoms with Gasteiger partial charge in [0.2, 0.25) is 10.0 Å². The summed E-state index contributed by atoms with van der Waals surface area (Å²) in [6.45, 7) is 3.82. The lowest BCUT2D eigenvalue weighted by Crippen LogP contribution is -2.31. The van der Waals surface area contributed by atoms with E-state index < -0.39 is 10.0 Å². The van der Waals surface area contributed by atoms with Crippen molar-refractivity contribution in [3.05, 3.63) is 59.7 Å². The number of sulfonamides is 1. The topological polar surface area (TPSA) is 75.7 Å². The van der Waals surface area contributed by atoms with Crippen molar-refractivity contribution in [3.8, 4) is 5.75 Å². The number of amides is 1. The summed E-state index contributed by atoms with van der Waals surface area (Å²) >= 11 is 0. The van der Waals surface area contributed by atoms with Crippen LogP contribution in [0.4, 0.5) is 5.69 Å². The average molecular weight is 376 g/mol. The first kappa shape index (κ1) is 19.8. The summed E-state index contributed by atoms with van der Waals surface area (Å²) in [5.74, 6) is 0.271. The lowest BCUT2D eigenvalue weighted by Gasteiger charge is -2.18. The molecular weight excluding hydrogens is 352 g/mol. The van der Waals surface area contributed by atoms with Crippen LogP contribution in [0.2, 0.25) is 0 Å². The molecule has 6 nitrogen and oxygen atoms in total. The Balaban J connectivity index is 1.90. The molecule has 1 N–H and O–H groups in total. The van der Waals surface area contributed by atoms with Gasteiger partial charge in [-0.2, -0.15) is 0 Å². The molecule has 0 aromatic heterocycles. The van der Waals surface area contributed by atoms with Crippen molar-refractivity contribution in [2.75, 3.05) is 24.2 Å². The van der Waals surface area contributed by atoms with Crippen molar-refractivity contribution in [1.82, 2.24) is 5.32 Å². The zero-order valence-electron chi connectivity index (χ0n) is 15.4. The van der Waals surface area contributed by atoms with Crippen LogP contribution >= 0.6 is 0 Å². The van der Waals surface area contributed by atoms with Crippen LogP contribution in [0, 0.1) is 6.92 Å². The Kier molecular flexibility index (Phi) is 6.26. The van der Waals surface area contributed by atoms with Crippen LogP contribution in [0.25, 0.3) is 0 Å². The molecule has 2 rings (SSSR count). The van der Waals surface area contributed by atoms with E-state index in [1.54, 1.807) is 24.3 Å². The Morgan fingerprint density at radius 1 is 1.15 bits per heavy atom. The molecule has 140 valence electrons. The van der Waals surface area contributed by atoms with Gasteiger partial charge in [-0.3, -0.25) is 9.10 Å². The second-order valence-electron chi connectivity index (χ2n) is 6.16. The number of hydrogen-bond donors (Lipinski definition) is 1. The molecule has 0 radical (unpaired) electrons. The van der Waals surface area contributed by atoms with Crippen molar-refractivity contribution < 1.29 is 17.9 Å². The van der Waals surface area contributed by atoms with Gasteiger partial charge >= 0.3 is 0 Å². The summed E-state index contributed by atoms with van der Waals surface area (Å²) in [7, 11) is -1.83. The molecule has 0 aliphatic carbocycles. The van der Waals surface area contributed by atoms with Gasteiger partial charge in [0.05, 0.1) is 18.0 Å². The van der Waals surface area contributed by atoms with Gasteiger partial charge in [0.1, 0.15) is 5.75 Å². The Labute approximate surface area is 154 Å². The first-order valence-electron chi connectivity index (χ1n) is 8.20. The Morgan fingerprint density at radius 2 is 1.77 bits per heavy atom. The molecule has 0 aliphatic heterocycles. The molecule has 1 amide bonds. The lowest BCUT2D eigenvalue weighted by atomic mass is 10.0. The second kappa shape index (κ2) is 8.23. The van der Waals surface area contributed by atoms with Crippen LogP contribution in [-0.4, -0.2) is 34.2 Å². The summed E-state index contributed by atoms with van der Waals surface area (Å²) in [6.07, 6.45) is 1.14. The number of carbonyl (C=O) groups is 1. The minimum Gasteiger partial charge on any atom is -0.484 e. The fourth-order valence-corrected chi connectivity index (χ4v) is 3.03. The minimum atomic E-state index is -3.31. The van der Waals surface area contributed by atoms with E-state index in [4.69, 9.17) is 4.74 Å². The van der Waals surface area contributed by atoms with Crippen molar-refractivity contribution in [3.63, 3.8) is 0 Å². The smallest absolute Gasteiger partial charge is 0.258 e. The standard InChI is InChI=1S/C19H24N2O4S/c1-14-7-5-6-8-18(14)15(2)20-19(22)13-25-17-11-9-16(10-12-17)21(3)26(4,23)24/h5-12,15H,13H2,1-4H3,(H,20,22). The van der Waals surface area contributed by atoms with E-state index in [9.17, 15) is 13.2 Å². The van der Waals surface area contributed by atoms with Crippen molar-refractivity contribution in [1.29, 1.82) is 0 Å². The van der Waals surface area contributed by atoms with Crippen LogP contribution in [0.15, 0.2) is 48.5 Å². The molecular formula is C19H24N2O4S. The molecule has 0 spiro atoms. The number of carbonyl (C=O) groups excluding carboxylic acids is 1. The van der Waals surface area contributed by atoms with E-state index in [1.807, 2.05) is 38.1 Å². The Hall–Kier alpha value is -2.54. The summed E-state index contributed by atoms with van der Waals surface area (Å²) in [5, 5.41) is 2.91. The zero-order chi connectivity index (χ0) is 19.3. The fraction of sp³-hybridized carbons (Fsp3) is 0.316. The van der Waals surface area contributed by atoms with Crippen LogP contribution in [-0.2, 0) is 14.8 Å². The third-order valence-corrected chi connectivity index (χ3v) is 5.31. The predicted octanol–water partition coefficient (Wildman–Crippen LogP) is 2.65. The quantitative estimate of drug-likeness (QED) is 0.806. The largest absolute Gasteiger partial charge is 0.484 e. The van der Waals surface area contributed by atoms with E-state index in [-0.39, 0.29) is 18.6 Å². The van der Waals surface area contributed by atoms with Gasteiger partial charge in [-0.15, -0.1) is 0 Å². The molecule has 2 aromatic rings. The van der Waals surface area contributed by atoms with Crippen molar-refractivity contribution in [2.24, 2.45) is 0 Å². The summed E-state index contributed by atoms with van der Waals surface area (Å²) in [5.41, 5.74) is 2.71. The molecule has 0 bridgehead atoms. The average Bonchev–Trinajstić information content (AvgIpc) is 2.59. The third-order valence-electron chi connectivity index (χ3n) is 4.10. The molecule has 0 aliphatic rings. The van der Waals surface area contributed by atoms with Gasteiger partial charge in [-0.1, -0.05) is 24.3 Å². The van der Waals surface area contributed by atoms with Crippen LogP contribution in [0.5, 0.6) is 5.75 Å². The zero-order valence-corrected chi connectivity index (χ0v) is 16.2. The summed E-state index contributed by atoms with van der Waals surface area (Å²) in [4.78, 5) is 12.1. The number of hydrogen-bond acceptors (Lipinski definition) is 4. The number of nitrogens with zero attached hydrogens (tertiary/aromatic N) is 1. The number of ether oxygens (including phenoxy) is 1. The van der Waals surface area contributed by atoms with Gasteiger partial charge in [0.25, 0.3) is 5.91 Å². The summed E-state index contributed by atoms with van der Waals surface area (Å²) in [6, 6.07) is 14.3. The molecule has 2 aromatic carbocycles. The van der Waals surface area contributed by atoms with Crippen LogP contribution in [0.1, 0.15) is 24.1 Å². The first-order chi connectivity index (χ1) is 12.2. The number of rotatable bonds is 7. The highest BCUT2D eigenvalue weighted by atomic mass is 32.2. The van der Waals surface area contributed by atoms with E-state index in [1.165, 1.54) is 11.4 Å². The van der Waals surface area contributed by atoms with Crippen molar-refractivity contribution >= 4 is 21.6 Å². The number of nitrogens with one attached hydrogen (secondary N) is 1. The normalized spacial score (nSPS) is 12.3. The van der Waals surface area contributed by atoms with Crippen LogP contribution in [0.3, 0.4) is 0 Å². The lowest BCUT2D eigenvalue weighted by molar-refractivity contribution is -0.123. The molecule has 0 heterocycles. The number of anilines is 1. The third kappa shape index (κ3) is 5.23. The van der Waals surface area contributed by atoms with Crippen molar-refractivity contribution in [2.45, 2.75) is 19.9 Å². The van der Waals surface area contributed by atoms with E-state index in [0.29, 0.717) is 11.4 Å². The van der Waals surface area contributed by atoms with Crippen LogP contribution < -0.4 is 14.4 Å². The van der Waals surface area contributed by atoms with Gasteiger partial charge < -0.3 is 10.1 Å². The molecule has 26 heavy (non-hydrogen) atoms. The highest BCUT2D eigenvalue weighted by Gasteiger charge is 2.13. The van der Waals surface area contributed by atoms with E-state index in [0.717, 1.165) is 17.4 Å². The predicted molar refractivity (Wildman–Crippen MR) is 103 cm³/mol. The molecule has 1 atom stereocenters. The SMILES string of the molecule is Cc1ccccc1C(C)NC(=O)COc1ccc(N(C)S(C)(=O)=O)cc1. The maximum Gasteiger partial charge on any atom is 0.258 e. The Morgan fingerprint density at radius 3 is 2.35 bits per heavy atom. The van der Waals surface area contributed by atoms with Gasteiger partial charge in [0, 0.05) is 7.05 Å². The van der Waals surface area contributed by atoms with Gasteiger partial charge in [-0.05, 0) is 49.2 Å². The molecule has 7 heteroatoms. The maximum atomic E-state index is 12.1. The molecule has 0 fully saturated rings. The van der Waals surface area contributed by atoms with Gasteiger partial charge in [0.15, 0.2) is 6.61 Å². The fourth-order valence-electron chi connectivity index (χ4n) is 2.53. The molecule has 0 saturated heterocycles. The maximum absolute atomic E-state index is 12.1. The Bertz CT molecular complexity index is 863. The number of benzene rings is 2. The van der Waals surface area contributed by atoms with E-state index >= 15 is 0 Å². The van der Waals surface area contributed by atoms with Gasteiger partial charge in [-0.25, -0.2) is 8.42 Å². The highest BCUT2D eigenvalue weighted by Crippen LogP contribution is 2.20. The minimum absolute atomic E-state index is 0.113. The monoisotopic (exact) mass is 376 g/mol. The second-order valence-corrected chi connectivity index (χ2v) is 8.17. The highest BCUT2D eigenvalue weighted by molar-refractivity contribution is 7.92. The summed E-state index contributed by atoms with van der Waals surface area (Å²) < 4.78 is 29.7. The number of aryl methyl sites for hydroxylation is 1. The molecule has 0 saturated carbocycles.